The number of benzene rings is 2. The maximum atomic E-state index is 5.61. The molecule has 0 amide bonds. The predicted molar refractivity (Wildman–Crippen MR) is 82.5 cm³/mol. The van der Waals surface area contributed by atoms with Crippen molar-refractivity contribution in [2.75, 3.05) is 13.2 Å². The van der Waals surface area contributed by atoms with Gasteiger partial charge >= 0.3 is 0 Å². The van der Waals surface area contributed by atoms with Crippen LogP contribution in [0.2, 0.25) is 0 Å². The van der Waals surface area contributed by atoms with Crippen molar-refractivity contribution in [1.29, 1.82) is 0 Å². The van der Waals surface area contributed by atoms with E-state index in [1.807, 2.05) is 36.4 Å². The fourth-order valence-corrected chi connectivity index (χ4v) is 1.88. The zero-order valence-electron chi connectivity index (χ0n) is 12.2. The first kappa shape index (κ1) is 15.7. The predicted octanol–water partition coefficient (Wildman–Crippen LogP) is 4.13. The molecule has 1 heterocycles. The zero-order valence-corrected chi connectivity index (χ0v) is 12.2. The maximum Gasteiger partial charge on any atom is 0.0823 e. The van der Waals surface area contributed by atoms with Gasteiger partial charge in [-0.2, -0.15) is 0 Å². The summed E-state index contributed by atoms with van der Waals surface area (Å²) in [7, 11) is 0. The molecule has 0 unspecified atom stereocenters. The first-order valence-electron chi connectivity index (χ1n) is 7.35. The molecule has 112 valence electrons. The Labute approximate surface area is 126 Å². The largest absolute Gasteiger partial charge is 0.372 e. The maximum absolute atomic E-state index is 5.61. The van der Waals surface area contributed by atoms with Crippen LogP contribution >= 0.6 is 0 Å². The smallest absolute Gasteiger partial charge is 0.0823 e. The van der Waals surface area contributed by atoms with Crippen molar-refractivity contribution in [3.63, 3.8) is 0 Å². The Morgan fingerprint density at radius 1 is 0.667 bits per heavy atom. The van der Waals surface area contributed by atoms with Crippen molar-refractivity contribution in [3.8, 4) is 0 Å². The highest BCUT2D eigenvalue weighted by molar-refractivity contribution is 5.15. The minimum absolute atomic E-state index is 0.676. The van der Waals surface area contributed by atoms with Gasteiger partial charge in [0.2, 0.25) is 0 Å². The van der Waals surface area contributed by atoms with Crippen LogP contribution in [0.4, 0.5) is 0 Å². The van der Waals surface area contributed by atoms with E-state index in [4.69, 9.17) is 4.74 Å². The molecule has 0 saturated carbocycles. The van der Waals surface area contributed by atoms with Gasteiger partial charge < -0.3 is 4.74 Å². The summed E-state index contributed by atoms with van der Waals surface area (Å²) in [6, 6.07) is 20.4. The van der Waals surface area contributed by atoms with Crippen LogP contribution < -0.4 is 0 Å². The normalized spacial score (nSPS) is 14.1. The highest BCUT2D eigenvalue weighted by Crippen LogP contribution is 2.05. The van der Waals surface area contributed by atoms with Gasteiger partial charge in [-0.05, 0) is 24.0 Å². The lowest BCUT2D eigenvalue weighted by molar-refractivity contribution is -0.312. The van der Waals surface area contributed by atoms with Gasteiger partial charge in [0, 0.05) is 0 Å². The number of ether oxygens (including phenoxy) is 1. The zero-order chi connectivity index (χ0) is 14.6. The Kier molecular flexibility index (Phi) is 7.56. The standard InChI is InChI=1S/C14H14O.C4H8O2/c1-3-7-13(8-4-1)11-15-12-14-9-5-2-6-10-14;1-2-4-6-5-3-1/h1-10H,11-12H2;1-4H2. The van der Waals surface area contributed by atoms with E-state index in [-0.39, 0.29) is 0 Å². The molecule has 1 fully saturated rings. The molecule has 0 radical (unpaired) electrons. The second-order valence-corrected chi connectivity index (χ2v) is 4.82. The molecule has 1 aliphatic rings. The van der Waals surface area contributed by atoms with E-state index in [1.165, 1.54) is 11.1 Å². The van der Waals surface area contributed by atoms with E-state index in [0.29, 0.717) is 13.2 Å². The van der Waals surface area contributed by atoms with Gasteiger partial charge in [-0.1, -0.05) is 60.7 Å². The highest BCUT2D eigenvalue weighted by atomic mass is 17.2. The monoisotopic (exact) mass is 286 g/mol. The van der Waals surface area contributed by atoms with Crippen LogP contribution in [0, 0.1) is 0 Å². The third-order valence-corrected chi connectivity index (χ3v) is 3.01. The van der Waals surface area contributed by atoms with Gasteiger partial charge in [0.25, 0.3) is 0 Å². The molecule has 0 spiro atoms. The van der Waals surface area contributed by atoms with E-state index < -0.39 is 0 Å². The van der Waals surface area contributed by atoms with Gasteiger partial charge in [0.1, 0.15) is 0 Å². The van der Waals surface area contributed by atoms with Gasteiger partial charge in [-0.25, -0.2) is 9.78 Å². The molecule has 1 aliphatic heterocycles. The molecular weight excluding hydrogens is 264 g/mol. The molecule has 0 aliphatic carbocycles. The van der Waals surface area contributed by atoms with Crippen molar-refractivity contribution in [3.05, 3.63) is 71.8 Å². The quantitative estimate of drug-likeness (QED) is 0.791. The molecule has 21 heavy (non-hydrogen) atoms. The van der Waals surface area contributed by atoms with E-state index in [2.05, 4.69) is 34.0 Å². The van der Waals surface area contributed by atoms with Crippen LogP contribution in [0.1, 0.15) is 24.0 Å². The van der Waals surface area contributed by atoms with Crippen LogP contribution in [-0.4, -0.2) is 13.2 Å². The molecule has 0 bridgehead atoms. The summed E-state index contributed by atoms with van der Waals surface area (Å²) in [6.07, 6.45) is 2.31. The van der Waals surface area contributed by atoms with Crippen molar-refractivity contribution >= 4 is 0 Å². The lowest BCUT2D eigenvalue weighted by Crippen LogP contribution is -2.05. The average Bonchev–Trinajstić information content (AvgIpc) is 2.59. The second kappa shape index (κ2) is 10.1. The molecule has 3 rings (SSSR count). The first-order chi connectivity index (χ1) is 10.4. The fourth-order valence-electron chi connectivity index (χ4n) is 1.88. The summed E-state index contributed by atoms with van der Waals surface area (Å²) >= 11 is 0. The summed E-state index contributed by atoms with van der Waals surface area (Å²) in [6.45, 7) is 2.91. The molecule has 3 heteroatoms. The lowest BCUT2D eigenvalue weighted by atomic mass is 10.2. The van der Waals surface area contributed by atoms with E-state index in [9.17, 15) is 0 Å². The van der Waals surface area contributed by atoms with Crippen LogP contribution in [0.5, 0.6) is 0 Å². The number of hydrogen-bond donors (Lipinski definition) is 0. The number of rotatable bonds is 4. The van der Waals surface area contributed by atoms with Crippen molar-refractivity contribution in [2.45, 2.75) is 26.1 Å². The van der Waals surface area contributed by atoms with Crippen molar-refractivity contribution < 1.29 is 14.5 Å². The third-order valence-electron chi connectivity index (χ3n) is 3.01. The summed E-state index contributed by atoms with van der Waals surface area (Å²) in [5, 5.41) is 0. The van der Waals surface area contributed by atoms with Crippen molar-refractivity contribution in [2.24, 2.45) is 0 Å². The molecule has 0 N–H and O–H groups in total. The first-order valence-corrected chi connectivity index (χ1v) is 7.35. The van der Waals surface area contributed by atoms with Gasteiger partial charge in [0.15, 0.2) is 0 Å². The highest BCUT2D eigenvalue weighted by Gasteiger charge is 1.96. The van der Waals surface area contributed by atoms with Gasteiger partial charge in [-0.15, -0.1) is 0 Å². The van der Waals surface area contributed by atoms with Crippen LogP contribution in [0.15, 0.2) is 60.7 Å². The Hall–Kier alpha value is -1.68. The third kappa shape index (κ3) is 7.04. The van der Waals surface area contributed by atoms with Crippen LogP contribution in [0.3, 0.4) is 0 Å². The summed E-state index contributed by atoms with van der Waals surface area (Å²) in [4.78, 5) is 9.14. The Bertz CT molecular complexity index is 415. The summed E-state index contributed by atoms with van der Waals surface area (Å²) < 4.78 is 5.61. The SMILES string of the molecule is C1CCOOC1.c1ccc(COCc2ccccc2)cc1. The summed E-state index contributed by atoms with van der Waals surface area (Å²) in [5.74, 6) is 0. The molecule has 0 aromatic heterocycles. The Morgan fingerprint density at radius 3 is 1.43 bits per heavy atom. The second-order valence-electron chi connectivity index (χ2n) is 4.82. The van der Waals surface area contributed by atoms with Gasteiger partial charge in [0.05, 0.1) is 26.4 Å². The molecule has 3 nitrogen and oxygen atoms in total. The van der Waals surface area contributed by atoms with Crippen LogP contribution in [-0.2, 0) is 27.7 Å². The minimum atomic E-state index is 0.676. The van der Waals surface area contributed by atoms with Crippen molar-refractivity contribution in [1.82, 2.24) is 0 Å². The summed E-state index contributed by atoms with van der Waals surface area (Å²) in [5.41, 5.74) is 2.43. The average molecular weight is 286 g/mol. The van der Waals surface area contributed by atoms with E-state index >= 15 is 0 Å². The van der Waals surface area contributed by atoms with E-state index in [1.54, 1.807) is 0 Å². The molecule has 2 aromatic carbocycles. The minimum Gasteiger partial charge on any atom is -0.372 e. The molecule has 2 aromatic rings. The molecule has 1 saturated heterocycles. The Morgan fingerprint density at radius 2 is 1.10 bits per heavy atom. The fraction of sp³-hybridized carbons (Fsp3) is 0.333. The van der Waals surface area contributed by atoms with Gasteiger partial charge in [-0.3, -0.25) is 0 Å². The molecular formula is C18H22O3. The molecule has 0 atom stereocenters. The lowest BCUT2D eigenvalue weighted by Gasteiger charge is -2.07. The number of hydrogen-bond acceptors (Lipinski definition) is 3. The van der Waals surface area contributed by atoms with Crippen LogP contribution in [0.25, 0.3) is 0 Å². The topological polar surface area (TPSA) is 27.7 Å². The van der Waals surface area contributed by atoms with E-state index in [0.717, 1.165) is 26.1 Å². The Balaban J connectivity index is 0.000000225.